The molecular weight excluding hydrogens is 340 g/mol. The molecule has 0 aliphatic heterocycles. The lowest BCUT2D eigenvalue weighted by Crippen LogP contribution is -2.38. The Hall–Kier alpha value is -2.48. The van der Waals surface area contributed by atoms with E-state index in [1.54, 1.807) is 11.8 Å². The molecule has 0 radical (unpaired) electrons. The van der Waals surface area contributed by atoms with Crippen molar-refractivity contribution in [2.45, 2.75) is 33.3 Å². The van der Waals surface area contributed by atoms with Crippen LogP contribution in [0.3, 0.4) is 0 Å². The third-order valence-electron chi connectivity index (χ3n) is 3.73. The maximum Gasteiger partial charge on any atom is 0.310 e. The number of ether oxygens (including phenoxy) is 2. The summed E-state index contributed by atoms with van der Waals surface area (Å²) < 4.78 is 10.2. The topological polar surface area (TPSA) is 99.0 Å². The van der Waals surface area contributed by atoms with Gasteiger partial charge in [-0.15, -0.1) is 0 Å². The highest BCUT2D eigenvalue weighted by atomic mass is 16.6. The van der Waals surface area contributed by atoms with E-state index in [1.165, 1.54) is 31.4 Å². The zero-order valence-corrected chi connectivity index (χ0v) is 15.6. The monoisotopic (exact) mass is 366 g/mol. The highest BCUT2D eigenvalue weighted by Crippen LogP contribution is 2.15. The molecular formula is C18H26N2O6. The number of esters is 1. The van der Waals surface area contributed by atoms with Crippen LogP contribution in [0.2, 0.25) is 0 Å². The number of methoxy groups -OCH3 is 1. The second-order valence-corrected chi connectivity index (χ2v) is 6.25. The minimum atomic E-state index is -0.519. The van der Waals surface area contributed by atoms with Gasteiger partial charge in [-0.25, -0.2) is 0 Å². The van der Waals surface area contributed by atoms with Gasteiger partial charge < -0.3 is 14.4 Å². The number of hydrogen-bond donors (Lipinski definition) is 0. The third kappa shape index (κ3) is 6.79. The molecule has 26 heavy (non-hydrogen) atoms. The maximum atomic E-state index is 12.8. The number of nitro benzene ring substituents is 1. The van der Waals surface area contributed by atoms with Crippen LogP contribution in [-0.2, 0) is 14.3 Å². The molecule has 144 valence electrons. The van der Waals surface area contributed by atoms with E-state index in [2.05, 4.69) is 0 Å². The number of benzene rings is 1. The number of rotatable bonds is 10. The van der Waals surface area contributed by atoms with E-state index in [-0.39, 0.29) is 24.2 Å². The molecule has 0 heterocycles. The van der Waals surface area contributed by atoms with E-state index < -0.39 is 16.8 Å². The fourth-order valence-electron chi connectivity index (χ4n) is 2.36. The summed E-state index contributed by atoms with van der Waals surface area (Å²) >= 11 is 0. The Bertz CT molecular complexity index is 615. The van der Waals surface area contributed by atoms with E-state index in [9.17, 15) is 19.7 Å². The van der Waals surface area contributed by atoms with Crippen molar-refractivity contribution < 1.29 is 24.0 Å². The summed E-state index contributed by atoms with van der Waals surface area (Å²) in [5, 5.41) is 10.7. The number of nitrogens with zero attached hydrogens (tertiary/aromatic N) is 2. The molecule has 0 bridgehead atoms. The molecule has 0 N–H and O–H groups in total. The van der Waals surface area contributed by atoms with Gasteiger partial charge in [-0.3, -0.25) is 19.7 Å². The Kier molecular flexibility index (Phi) is 8.71. The molecule has 0 saturated heterocycles. The van der Waals surface area contributed by atoms with Crippen LogP contribution in [0.4, 0.5) is 5.69 Å². The van der Waals surface area contributed by atoms with E-state index in [0.29, 0.717) is 25.1 Å². The van der Waals surface area contributed by atoms with E-state index in [4.69, 9.17) is 9.47 Å². The van der Waals surface area contributed by atoms with Crippen LogP contribution >= 0.6 is 0 Å². The molecule has 8 nitrogen and oxygen atoms in total. The van der Waals surface area contributed by atoms with Crippen molar-refractivity contribution in [3.05, 3.63) is 39.9 Å². The quantitative estimate of drug-likeness (QED) is 0.273. The van der Waals surface area contributed by atoms with Crippen molar-refractivity contribution in [3.63, 3.8) is 0 Å². The Morgan fingerprint density at radius 3 is 2.31 bits per heavy atom. The van der Waals surface area contributed by atoms with E-state index in [1.807, 2.05) is 13.8 Å². The number of carbonyl (C=O) groups excluding carboxylic acids is 2. The van der Waals surface area contributed by atoms with Gasteiger partial charge in [-0.1, -0.05) is 6.92 Å². The number of amides is 1. The van der Waals surface area contributed by atoms with Crippen LogP contribution in [0, 0.1) is 16.0 Å². The minimum Gasteiger partial charge on any atom is -0.469 e. The van der Waals surface area contributed by atoms with Crippen LogP contribution in [0.1, 0.15) is 37.6 Å². The average Bonchev–Trinajstić information content (AvgIpc) is 2.62. The van der Waals surface area contributed by atoms with E-state index >= 15 is 0 Å². The fraction of sp³-hybridized carbons (Fsp3) is 0.556. The fourth-order valence-corrected chi connectivity index (χ4v) is 2.36. The minimum absolute atomic E-state index is 0.0821. The Balaban J connectivity index is 2.84. The molecule has 1 rings (SSSR count). The molecule has 1 aromatic carbocycles. The predicted octanol–water partition coefficient (Wildman–Crippen LogP) is 2.66. The van der Waals surface area contributed by atoms with Crippen LogP contribution in [0.25, 0.3) is 0 Å². The summed E-state index contributed by atoms with van der Waals surface area (Å²) in [6.45, 7) is 6.65. The number of hydrogen-bond acceptors (Lipinski definition) is 6. The first-order valence-electron chi connectivity index (χ1n) is 8.49. The Morgan fingerprint density at radius 1 is 1.19 bits per heavy atom. The molecule has 0 saturated carbocycles. The van der Waals surface area contributed by atoms with Crippen LogP contribution < -0.4 is 0 Å². The summed E-state index contributed by atoms with van der Waals surface area (Å²) in [5.41, 5.74) is 0.249. The lowest BCUT2D eigenvalue weighted by Gasteiger charge is -2.25. The van der Waals surface area contributed by atoms with Crippen LogP contribution in [-0.4, -0.2) is 54.6 Å². The molecule has 0 spiro atoms. The highest BCUT2D eigenvalue weighted by molar-refractivity contribution is 5.94. The van der Waals surface area contributed by atoms with Gasteiger partial charge in [0.15, 0.2) is 0 Å². The second kappa shape index (κ2) is 10.5. The predicted molar refractivity (Wildman–Crippen MR) is 95.9 cm³/mol. The van der Waals surface area contributed by atoms with Gasteiger partial charge in [0.2, 0.25) is 0 Å². The average molecular weight is 366 g/mol. The molecule has 8 heteroatoms. The summed E-state index contributed by atoms with van der Waals surface area (Å²) in [6.07, 6.45) is 0.716. The standard InChI is InChI=1S/C18H26N2O6/c1-13(2)26-11-5-10-19(12-14(3)18(22)25-4)17(21)15-6-8-16(9-7-15)20(23)24/h6-9,13-14H,5,10-12H2,1-4H3. The van der Waals surface area contributed by atoms with Crippen molar-refractivity contribution in [2.75, 3.05) is 26.8 Å². The molecule has 1 amide bonds. The first-order valence-corrected chi connectivity index (χ1v) is 8.49. The number of nitro groups is 1. The Morgan fingerprint density at radius 2 is 1.81 bits per heavy atom. The summed E-state index contributed by atoms with van der Waals surface area (Å²) in [7, 11) is 1.30. The molecule has 0 aliphatic rings. The highest BCUT2D eigenvalue weighted by Gasteiger charge is 2.23. The lowest BCUT2D eigenvalue weighted by atomic mass is 10.1. The van der Waals surface area contributed by atoms with Crippen molar-refractivity contribution in [2.24, 2.45) is 5.92 Å². The first-order chi connectivity index (χ1) is 12.3. The Labute approximate surface area is 153 Å². The summed E-state index contributed by atoms with van der Waals surface area (Å²) in [4.78, 5) is 36.2. The van der Waals surface area contributed by atoms with Crippen LogP contribution in [0.5, 0.6) is 0 Å². The third-order valence-corrected chi connectivity index (χ3v) is 3.73. The lowest BCUT2D eigenvalue weighted by molar-refractivity contribution is -0.384. The molecule has 1 aromatic rings. The summed E-state index contributed by atoms with van der Waals surface area (Å²) in [5.74, 6) is -1.17. The molecule has 0 aliphatic carbocycles. The van der Waals surface area contributed by atoms with Gasteiger partial charge in [0.05, 0.1) is 24.1 Å². The molecule has 0 fully saturated rings. The van der Waals surface area contributed by atoms with Crippen molar-refractivity contribution in [1.29, 1.82) is 0 Å². The van der Waals surface area contributed by atoms with Crippen molar-refractivity contribution in [3.8, 4) is 0 Å². The number of non-ortho nitro benzene ring substituents is 1. The smallest absolute Gasteiger partial charge is 0.310 e. The van der Waals surface area contributed by atoms with Crippen LogP contribution in [0.15, 0.2) is 24.3 Å². The van der Waals surface area contributed by atoms with Gasteiger partial charge in [0.25, 0.3) is 11.6 Å². The largest absolute Gasteiger partial charge is 0.469 e. The van der Waals surface area contributed by atoms with Gasteiger partial charge in [0, 0.05) is 37.4 Å². The van der Waals surface area contributed by atoms with Crippen molar-refractivity contribution in [1.82, 2.24) is 4.90 Å². The summed E-state index contributed by atoms with van der Waals surface area (Å²) in [6, 6.07) is 5.41. The molecule has 1 unspecified atom stereocenters. The molecule has 0 aromatic heterocycles. The number of carbonyl (C=O) groups is 2. The van der Waals surface area contributed by atoms with Gasteiger partial charge in [-0.05, 0) is 32.4 Å². The van der Waals surface area contributed by atoms with Gasteiger partial charge >= 0.3 is 5.97 Å². The van der Waals surface area contributed by atoms with Crippen molar-refractivity contribution >= 4 is 17.6 Å². The SMILES string of the molecule is COC(=O)C(C)CN(CCCOC(C)C)C(=O)c1ccc([N+](=O)[O-])cc1. The first kappa shape index (κ1) is 21.6. The van der Waals surface area contributed by atoms with Gasteiger partial charge in [-0.2, -0.15) is 0 Å². The zero-order valence-electron chi connectivity index (χ0n) is 15.6. The van der Waals surface area contributed by atoms with Gasteiger partial charge in [0.1, 0.15) is 0 Å². The maximum absolute atomic E-state index is 12.8. The second-order valence-electron chi connectivity index (χ2n) is 6.25. The van der Waals surface area contributed by atoms with E-state index in [0.717, 1.165) is 0 Å². The molecule has 1 atom stereocenters. The normalized spacial score (nSPS) is 11.9. The zero-order chi connectivity index (χ0) is 19.7.